The lowest BCUT2D eigenvalue weighted by molar-refractivity contribution is -0.123. The van der Waals surface area contributed by atoms with Crippen LogP contribution < -0.4 is 10.6 Å². The van der Waals surface area contributed by atoms with Crippen LogP contribution in [0.4, 0.5) is 0 Å². The summed E-state index contributed by atoms with van der Waals surface area (Å²) in [6, 6.07) is 3.67. The van der Waals surface area contributed by atoms with Gasteiger partial charge in [0, 0.05) is 24.0 Å². The molecule has 0 spiro atoms. The summed E-state index contributed by atoms with van der Waals surface area (Å²) in [7, 11) is 0. The zero-order valence-electron chi connectivity index (χ0n) is 13.2. The normalized spacial score (nSPS) is 21.0. The lowest BCUT2D eigenvalue weighted by Gasteiger charge is -2.32. The second-order valence-corrected chi connectivity index (χ2v) is 6.64. The Morgan fingerprint density at radius 1 is 1.57 bits per heavy atom. The Morgan fingerprint density at radius 2 is 2.39 bits per heavy atom. The maximum Gasteiger partial charge on any atom is 0.255 e. The maximum atomic E-state index is 12.6. The number of aromatic nitrogens is 2. The van der Waals surface area contributed by atoms with Gasteiger partial charge in [0.2, 0.25) is 5.91 Å². The molecule has 6 nitrogen and oxygen atoms in total. The molecule has 0 bridgehead atoms. The predicted molar refractivity (Wildman–Crippen MR) is 88.3 cm³/mol. The van der Waals surface area contributed by atoms with E-state index in [-0.39, 0.29) is 23.9 Å². The number of nitrogens with one attached hydrogen (secondary N) is 2. The molecule has 0 aromatic carbocycles. The van der Waals surface area contributed by atoms with Gasteiger partial charge in [-0.3, -0.25) is 14.3 Å². The van der Waals surface area contributed by atoms with Crippen LogP contribution in [0, 0.1) is 6.92 Å². The summed E-state index contributed by atoms with van der Waals surface area (Å²) < 4.78 is 1.75. The first-order chi connectivity index (χ1) is 11.1. The van der Waals surface area contributed by atoms with E-state index in [1.807, 2.05) is 31.4 Å². The van der Waals surface area contributed by atoms with Gasteiger partial charge in [-0.1, -0.05) is 6.07 Å². The number of nitrogens with zero attached hydrogens (tertiary/aromatic N) is 2. The van der Waals surface area contributed by atoms with Gasteiger partial charge in [-0.2, -0.15) is 5.10 Å². The van der Waals surface area contributed by atoms with Crippen molar-refractivity contribution in [1.82, 2.24) is 20.4 Å². The highest BCUT2D eigenvalue weighted by molar-refractivity contribution is 7.10. The third-order valence-corrected chi connectivity index (χ3v) is 5.04. The average Bonchev–Trinajstić information content (AvgIpc) is 3.18. The van der Waals surface area contributed by atoms with E-state index in [1.54, 1.807) is 22.2 Å². The molecule has 1 aliphatic rings. The summed E-state index contributed by atoms with van der Waals surface area (Å²) in [5.41, 5.74) is 1.31. The van der Waals surface area contributed by atoms with Crippen LogP contribution in [-0.4, -0.2) is 27.6 Å². The Morgan fingerprint density at radius 3 is 3.04 bits per heavy atom. The third-order valence-electron chi connectivity index (χ3n) is 4.08. The fourth-order valence-corrected chi connectivity index (χ4v) is 3.68. The standard InChI is InChI=1S/C16H20N4O2S/c1-3-20-9-11(10(2)19-20)16(22)17-12-6-7-14(21)18-15(12)13-5-4-8-23-13/h4-5,8-9,12,15H,3,6-7H2,1-2H3,(H,17,22)(H,18,21)/t12-,15-/m1/s1. The smallest absolute Gasteiger partial charge is 0.255 e. The largest absolute Gasteiger partial charge is 0.347 e. The average molecular weight is 332 g/mol. The lowest BCUT2D eigenvalue weighted by Crippen LogP contribution is -2.49. The third kappa shape index (κ3) is 3.29. The van der Waals surface area contributed by atoms with Crippen molar-refractivity contribution in [3.63, 3.8) is 0 Å². The van der Waals surface area contributed by atoms with Crippen molar-refractivity contribution in [3.05, 3.63) is 39.8 Å². The van der Waals surface area contributed by atoms with E-state index in [0.29, 0.717) is 18.4 Å². The number of piperidine rings is 1. The first-order valence-corrected chi connectivity index (χ1v) is 8.64. The molecule has 0 radical (unpaired) electrons. The van der Waals surface area contributed by atoms with Crippen molar-refractivity contribution in [2.45, 2.75) is 45.3 Å². The molecule has 2 aromatic heterocycles. The number of hydrogen-bond acceptors (Lipinski definition) is 4. The number of amides is 2. The molecule has 1 saturated heterocycles. The molecule has 1 fully saturated rings. The van der Waals surface area contributed by atoms with Crippen molar-refractivity contribution < 1.29 is 9.59 Å². The topological polar surface area (TPSA) is 76.0 Å². The second kappa shape index (κ2) is 6.54. The molecule has 0 aliphatic carbocycles. The van der Waals surface area contributed by atoms with Crippen LogP contribution in [-0.2, 0) is 11.3 Å². The molecule has 1 aliphatic heterocycles. The molecular weight excluding hydrogens is 312 g/mol. The highest BCUT2D eigenvalue weighted by Gasteiger charge is 2.32. The number of aryl methyl sites for hydroxylation is 2. The van der Waals surface area contributed by atoms with E-state index >= 15 is 0 Å². The molecule has 0 unspecified atom stereocenters. The van der Waals surface area contributed by atoms with Crippen LogP contribution in [0.15, 0.2) is 23.7 Å². The lowest BCUT2D eigenvalue weighted by atomic mass is 9.96. The van der Waals surface area contributed by atoms with Gasteiger partial charge < -0.3 is 10.6 Å². The van der Waals surface area contributed by atoms with Crippen LogP contribution in [0.1, 0.15) is 46.7 Å². The molecule has 0 saturated carbocycles. The number of thiophene rings is 1. The molecule has 3 rings (SSSR count). The van der Waals surface area contributed by atoms with Crippen LogP contribution in [0.2, 0.25) is 0 Å². The molecular formula is C16H20N4O2S. The molecule has 3 heterocycles. The van der Waals surface area contributed by atoms with E-state index in [9.17, 15) is 9.59 Å². The minimum atomic E-state index is -0.165. The molecule has 2 aromatic rings. The molecule has 2 amide bonds. The Balaban J connectivity index is 1.78. The monoisotopic (exact) mass is 332 g/mol. The van der Waals surface area contributed by atoms with Crippen molar-refractivity contribution in [2.75, 3.05) is 0 Å². The fraction of sp³-hybridized carbons (Fsp3) is 0.438. The second-order valence-electron chi connectivity index (χ2n) is 5.66. The molecule has 7 heteroatoms. The van der Waals surface area contributed by atoms with E-state index in [0.717, 1.165) is 17.1 Å². The van der Waals surface area contributed by atoms with Crippen LogP contribution in [0.5, 0.6) is 0 Å². The zero-order valence-corrected chi connectivity index (χ0v) is 14.0. The SMILES string of the molecule is CCn1cc(C(=O)N[C@@H]2CCC(=O)N[C@H]2c2cccs2)c(C)n1. The molecule has 2 N–H and O–H groups in total. The quantitative estimate of drug-likeness (QED) is 0.899. The molecule has 2 atom stereocenters. The number of hydrogen-bond donors (Lipinski definition) is 2. The molecule has 122 valence electrons. The van der Waals surface area contributed by atoms with Gasteiger partial charge in [-0.05, 0) is 31.7 Å². The van der Waals surface area contributed by atoms with Crippen LogP contribution >= 0.6 is 11.3 Å². The Hall–Kier alpha value is -2.15. The zero-order chi connectivity index (χ0) is 16.4. The minimum absolute atomic E-state index is 0.0314. The van der Waals surface area contributed by atoms with Gasteiger partial charge in [-0.15, -0.1) is 11.3 Å². The first-order valence-electron chi connectivity index (χ1n) is 7.76. The van der Waals surface area contributed by atoms with Crippen LogP contribution in [0.25, 0.3) is 0 Å². The van der Waals surface area contributed by atoms with E-state index < -0.39 is 0 Å². The van der Waals surface area contributed by atoms with Crippen molar-refractivity contribution in [2.24, 2.45) is 0 Å². The molecule has 23 heavy (non-hydrogen) atoms. The van der Waals surface area contributed by atoms with E-state index in [1.165, 1.54) is 0 Å². The van der Waals surface area contributed by atoms with Gasteiger partial charge in [-0.25, -0.2) is 0 Å². The van der Waals surface area contributed by atoms with Crippen molar-refractivity contribution >= 4 is 23.2 Å². The van der Waals surface area contributed by atoms with E-state index in [2.05, 4.69) is 15.7 Å². The summed E-state index contributed by atoms with van der Waals surface area (Å²) in [6.07, 6.45) is 2.84. The fourth-order valence-electron chi connectivity index (χ4n) is 2.84. The van der Waals surface area contributed by atoms with Gasteiger partial charge in [0.15, 0.2) is 0 Å². The highest BCUT2D eigenvalue weighted by Crippen LogP contribution is 2.27. The summed E-state index contributed by atoms with van der Waals surface area (Å²) in [6.45, 7) is 4.55. The van der Waals surface area contributed by atoms with Crippen LogP contribution in [0.3, 0.4) is 0 Å². The number of carbonyl (C=O) groups is 2. The Kier molecular flexibility index (Phi) is 4.47. The number of rotatable bonds is 4. The summed E-state index contributed by atoms with van der Waals surface area (Å²) in [5.74, 6) is -0.103. The highest BCUT2D eigenvalue weighted by atomic mass is 32.1. The van der Waals surface area contributed by atoms with Gasteiger partial charge in [0.05, 0.1) is 23.3 Å². The Bertz CT molecular complexity index is 708. The van der Waals surface area contributed by atoms with Gasteiger partial charge in [0.1, 0.15) is 0 Å². The number of carbonyl (C=O) groups excluding carboxylic acids is 2. The Labute approximate surface area is 138 Å². The van der Waals surface area contributed by atoms with Gasteiger partial charge in [0.25, 0.3) is 5.91 Å². The maximum absolute atomic E-state index is 12.6. The minimum Gasteiger partial charge on any atom is -0.347 e. The summed E-state index contributed by atoms with van der Waals surface area (Å²) in [5, 5.41) is 12.4. The summed E-state index contributed by atoms with van der Waals surface area (Å²) >= 11 is 1.59. The van der Waals surface area contributed by atoms with Crippen molar-refractivity contribution in [3.8, 4) is 0 Å². The predicted octanol–water partition coefficient (Wildman–Crippen LogP) is 2.02. The van der Waals surface area contributed by atoms with E-state index in [4.69, 9.17) is 0 Å². The van der Waals surface area contributed by atoms with Gasteiger partial charge >= 0.3 is 0 Å². The summed E-state index contributed by atoms with van der Waals surface area (Å²) in [4.78, 5) is 25.4. The first kappa shape index (κ1) is 15.7. The van der Waals surface area contributed by atoms with Crippen molar-refractivity contribution in [1.29, 1.82) is 0 Å².